The SMILES string of the molecule is Cn1c2ccccc2c2nnc(NN=Cc3cccs3)nc21. The average molecular weight is 308 g/mol. The van der Waals surface area contributed by atoms with Gasteiger partial charge < -0.3 is 4.57 Å². The molecular formula is C15H12N6S. The number of anilines is 1. The Hall–Kier alpha value is -2.80. The van der Waals surface area contributed by atoms with Crippen LogP contribution in [0.15, 0.2) is 46.9 Å². The highest BCUT2D eigenvalue weighted by molar-refractivity contribution is 7.11. The molecular weight excluding hydrogens is 296 g/mol. The molecule has 3 aromatic heterocycles. The lowest BCUT2D eigenvalue weighted by molar-refractivity contribution is 0.949. The molecule has 6 nitrogen and oxygen atoms in total. The second-order valence-electron chi connectivity index (χ2n) is 4.77. The number of hydrogen-bond donors (Lipinski definition) is 1. The summed E-state index contributed by atoms with van der Waals surface area (Å²) >= 11 is 1.62. The van der Waals surface area contributed by atoms with Crippen LogP contribution in [-0.2, 0) is 7.05 Å². The summed E-state index contributed by atoms with van der Waals surface area (Å²) in [7, 11) is 1.97. The third-order valence-electron chi connectivity index (χ3n) is 3.41. The number of para-hydroxylation sites is 1. The summed E-state index contributed by atoms with van der Waals surface area (Å²) < 4.78 is 2.01. The van der Waals surface area contributed by atoms with Crippen LogP contribution >= 0.6 is 11.3 Å². The molecule has 0 aliphatic rings. The molecule has 0 bridgehead atoms. The van der Waals surface area contributed by atoms with E-state index >= 15 is 0 Å². The summed E-state index contributed by atoms with van der Waals surface area (Å²) in [6.45, 7) is 0. The van der Waals surface area contributed by atoms with E-state index in [9.17, 15) is 0 Å². The Kier molecular flexibility index (Phi) is 3.05. The molecule has 7 heteroatoms. The molecule has 0 aliphatic carbocycles. The Morgan fingerprint density at radius 1 is 1.18 bits per heavy atom. The monoisotopic (exact) mass is 308 g/mol. The summed E-state index contributed by atoms with van der Waals surface area (Å²) in [6, 6.07) is 12.0. The first-order valence-corrected chi connectivity index (χ1v) is 7.61. The second-order valence-corrected chi connectivity index (χ2v) is 5.75. The van der Waals surface area contributed by atoms with E-state index in [1.165, 1.54) is 0 Å². The van der Waals surface area contributed by atoms with Crippen molar-refractivity contribution in [2.75, 3.05) is 5.43 Å². The first-order valence-electron chi connectivity index (χ1n) is 6.73. The second kappa shape index (κ2) is 5.19. The summed E-state index contributed by atoms with van der Waals surface area (Å²) in [4.78, 5) is 5.56. The van der Waals surface area contributed by atoms with Crippen LogP contribution in [0.3, 0.4) is 0 Å². The molecule has 0 radical (unpaired) electrons. The van der Waals surface area contributed by atoms with Gasteiger partial charge in [0, 0.05) is 17.3 Å². The van der Waals surface area contributed by atoms with Crippen LogP contribution in [-0.4, -0.2) is 26.0 Å². The van der Waals surface area contributed by atoms with Gasteiger partial charge in [-0.1, -0.05) is 24.3 Å². The molecule has 0 unspecified atom stereocenters. The van der Waals surface area contributed by atoms with Gasteiger partial charge >= 0.3 is 0 Å². The maximum absolute atomic E-state index is 4.50. The molecule has 0 saturated heterocycles. The van der Waals surface area contributed by atoms with Crippen molar-refractivity contribution in [3.8, 4) is 0 Å². The van der Waals surface area contributed by atoms with Crippen molar-refractivity contribution in [3.05, 3.63) is 46.7 Å². The first-order chi connectivity index (χ1) is 10.8. The number of benzene rings is 1. The fourth-order valence-electron chi connectivity index (χ4n) is 2.37. The third kappa shape index (κ3) is 2.11. The number of nitrogens with one attached hydrogen (secondary N) is 1. The number of rotatable bonds is 3. The van der Waals surface area contributed by atoms with E-state index in [0.29, 0.717) is 5.95 Å². The van der Waals surface area contributed by atoms with Gasteiger partial charge in [0.05, 0.1) is 11.7 Å². The minimum atomic E-state index is 0.381. The molecule has 22 heavy (non-hydrogen) atoms. The standard InChI is InChI=1S/C15H12N6S/c1-21-12-7-3-2-6-11(12)13-14(21)17-15(20-18-13)19-16-9-10-5-4-8-22-10/h2-9H,1H3,(H,17,19,20). The highest BCUT2D eigenvalue weighted by atomic mass is 32.1. The maximum Gasteiger partial charge on any atom is 0.265 e. The molecule has 0 saturated carbocycles. The number of thiophene rings is 1. The van der Waals surface area contributed by atoms with E-state index in [1.54, 1.807) is 17.6 Å². The van der Waals surface area contributed by atoms with Crippen LogP contribution in [0.5, 0.6) is 0 Å². The lowest BCUT2D eigenvalue weighted by atomic mass is 10.2. The van der Waals surface area contributed by atoms with Gasteiger partial charge in [0.1, 0.15) is 5.52 Å². The van der Waals surface area contributed by atoms with Crippen molar-refractivity contribution in [2.45, 2.75) is 0 Å². The van der Waals surface area contributed by atoms with Crippen LogP contribution in [0.25, 0.3) is 22.1 Å². The maximum atomic E-state index is 4.50. The summed E-state index contributed by atoms with van der Waals surface area (Å²) in [5, 5.41) is 15.6. The lowest BCUT2D eigenvalue weighted by Gasteiger charge is -1.99. The molecule has 0 aliphatic heterocycles. The van der Waals surface area contributed by atoms with E-state index in [4.69, 9.17) is 0 Å². The Morgan fingerprint density at radius 3 is 2.95 bits per heavy atom. The van der Waals surface area contributed by atoms with Crippen LogP contribution in [0, 0.1) is 0 Å². The zero-order chi connectivity index (χ0) is 14.9. The Bertz CT molecular complexity index is 970. The van der Waals surface area contributed by atoms with Gasteiger partial charge in [0.2, 0.25) is 0 Å². The van der Waals surface area contributed by atoms with Crippen molar-refractivity contribution in [1.29, 1.82) is 0 Å². The van der Waals surface area contributed by atoms with Crippen molar-refractivity contribution < 1.29 is 0 Å². The van der Waals surface area contributed by atoms with Crippen LogP contribution in [0.4, 0.5) is 5.95 Å². The summed E-state index contributed by atoms with van der Waals surface area (Å²) in [5.74, 6) is 0.381. The Morgan fingerprint density at radius 2 is 2.09 bits per heavy atom. The Balaban J connectivity index is 1.71. The fourth-order valence-corrected chi connectivity index (χ4v) is 2.96. The molecule has 3 heterocycles. The molecule has 1 aromatic carbocycles. The van der Waals surface area contributed by atoms with E-state index in [2.05, 4.69) is 25.7 Å². The van der Waals surface area contributed by atoms with Gasteiger partial charge in [-0.05, 0) is 17.5 Å². The topological polar surface area (TPSA) is 68.0 Å². The number of hydrazone groups is 1. The quantitative estimate of drug-likeness (QED) is 0.466. The highest BCUT2D eigenvalue weighted by Gasteiger charge is 2.11. The number of aromatic nitrogens is 4. The van der Waals surface area contributed by atoms with Crippen LogP contribution < -0.4 is 5.43 Å². The molecule has 0 spiro atoms. The lowest BCUT2D eigenvalue weighted by Crippen LogP contribution is -2.00. The van der Waals surface area contributed by atoms with Crippen LogP contribution in [0.1, 0.15) is 4.88 Å². The van der Waals surface area contributed by atoms with Gasteiger partial charge in [0.25, 0.3) is 5.95 Å². The largest absolute Gasteiger partial charge is 0.327 e. The summed E-state index contributed by atoms with van der Waals surface area (Å²) in [5.41, 5.74) is 5.49. The predicted octanol–water partition coefficient (Wildman–Crippen LogP) is 3.02. The first kappa shape index (κ1) is 12.9. The van der Waals surface area contributed by atoms with Gasteiger partial charge in [-0.3, -0.25) is 0 Å². The zero-order valence-electron chi connectivity index (χ0n) is 11.8. The highest BCUT2D eigenvalue weighted by Crippen LogP contribution is 2.24. The summed E-state index contributed by atoms with van der Waals surface area (Å²) in [6.07, 6.45) is 1.74. The van der Waals surface area contributed by atoms with E-state index in [0.717, 1.165) is 26.9 Å². The number of aryl methyl sites for hydroxylation is 1. The fraction of sp³-hybridized carbons (Fsp3) is 0.0667. The minimum absolute atomic E-state index is 0.381. The van der Waals surface area contributed by atoms with Crippen molar-refractivity contribution >= 4 is 45.6 Å². The van der Waals surface area contributed by atoms with E-state index in [1.807, 2.05) is 53.4 Å². The Labute approximate surface area is 130 Å². The molecule has 1 N–H and O–H groups in total. The number of fused-ring (bicyclic) bond motifs is 3. The van der Waals surface area contributed by atoms with Crippen molar-refractivity contribution in [2.24, 2.45) is 12.1 Å². The van der Waals surface area contributed by atoms with Gasteiger partial charge in [-0.2, -0.15) is 10.1 Å². The van der Waals surface area contributed by atoms with Gasteiger partial charge in [-0.25, -0.2) is 5.43 Å². The third-order valence-corrected chi connectivity index (χ3v) is 4.21. The minimum Gasteiger partial charge on any atom is -0.327 e. The van der Waals surface area contributed by atoms with Crippen LogP contribution in [0.2, 0.25) is 0 Å². The van der Waals surface area contributed by atoms with Gasteiger partial charge in [0.15, 0.2) is 5.65 Å². The smallest absolute Gasteiger partial charge is 0.265 e. The average Bonchev–Trinajstić information content (AvgIpc) is 3.16. The van der Waals surface area contributed by atoms with E-state index < -0.39 is 0 Å². The number of hydrogen-bond acceptors (Lipinski definition) is 6. The molecule has 4 aromatic rings. The molecule has 108 valence electrons. The number of nitrogens with zero attached hydrogens (tertiary/aromatic N) is 5. The molecule has 0 amide bonds. The van der Waals surface area contributed by atoms with E-state index in [-0.39, 0.29) is 0 Å². The zero-order valence-corrected chi connectivity index (χ0v) is 12.6. The van der Waals surface area contributed by atoms with Crippen molar-refractivity contribution in [3.63, 3.8) is 0 Å². The molecule has 4 rings (SSSR count). The van der Waals surface area contributed by atoms with Gasteiger partial charge in [-0.15, -0.1) is 21.5 Å². The normalized spacial score (nSPS) is 11.7. The van der Waals surface area contributed by atoms with Crippen molar-refractivity contribution in [1.82, 2.24) is 19.7 Å². The molecule has 0 atom stereocenters. The molecule has 0 fully saturated rings. The predicted molar refractivity (Wildman–Crippen MR) is 89.3 cm³/mol.